The molecule has 0 saturated carbocycles. The fourth-order valence-electron chi connectivity index (χ4n) is 1.18. The average Bonchev–Trinajstić information content (AvgIpc) is 2.66. The van der Waals surface area contributed by atoms with E-state index in [0.29, 0.717) is 0 Å². The van der Waals surface area contributed by atoms with Crippen LogP contribution in [0.15, 0.2) is 5.38 Å². The lowest BCUT2D eigenvalue weighted by molar-refractivity contribution is 0.156. The molecule has 0 radical (unpaired) electrons. The van der Waals surface area contributed by atoms with Crippen molar-refractivity contribution in [2.75, 3.05) is 13.2 Å². The first-order valence-corrected chi connectivity index (χ1v) is 6.20. The van der Waals surface area contributed by atoms with Crippen molar-refractivity contribution in [1.82, 2.24) is 10.3 Å². The van der Waals surface area contributed by atoms with Crippen LogP contribution in [0.3, 0.4) is 0 Å². The van der Waals surface area contributed by atoms with Gasteiger partial charge in [0.2, 0.25) is 0 Å². The molecule has 0 aliphatic carbocycles. The van der Waals surface area contributed by atoms with E-state index < -0.39 is 0 Å². The van der Waals surface area contributed by atoms with Crippen LogP contribution >= 0.6 is 11.3 Å². The third-order valence-electron chi connectivity index (χ3n) is 2.24. The highest BCUT2D eigenvalue weighted by Gasteiger charge is 2.15. The fraction of sp³-hybridized carbons (Fsp3) is 0.727. The summed E-state index contributed by atoms with van der Waals surface area (Å²) in [5.74, 6) is 0. The molecule has 0 spiro atoms. The summed E-state index contributed by atoms with van der Waals surface area (Å²) in [6, 6.07) is 0. The van der Waals surface area contributed by atoms with Gasteiger partial charge in [-0.1, -0.05) is 20.8 Å². The summed E-state index contributed by atoms with van der Waals surface area (Å²) in [7, 11) is 0. The van der Waals surface area contributed by atoms with Crippen molar-refractivity contribution >= 4 is 11.3 Å². The molecule has 0 aliphatic rings. The van der Waals surface area contributed by atoms with Crippen molar-refractivity contribution in [3.8, 4) is 0 Å². The standard InChI is InChI=1S/C11H20N2OS/c1-4-10-13-9(6-15-10)5-12-7-11(2,3)8-14/h6,12,14H,4-5,7-8H2,1-3H3. The molecule has 0 unspecified atom stereocenters. The topological polar surface area (TPSA) is 45.2 Å². The van der Waals surface area contributed by atoms with Gasteiger partial charge in [0.1, 0.15) is 0 Å². The van der Waals surface area contributed by atoms with E-state index in [0.717, 1.165) is 25.2 Å². The van der Waals surface area contributed by atoms with Gasteiger partial charge in [-0.05, 0) is 6.42 Å². The largest absolute Gasteiger partial charge is 0.396 e. The summed E-state index contributed by atoms with van der Waals surface area (Å²) >= 11 is 1.71. The molecule has 0 aromatic carbocycles. The monoisotopic (exact) mass is 228 g/mol. The maximum Gasteiger partial charge on any atom is 0.0926 e. The van der Waals surface area contributed by atoms with E-state index in [1.807, 2.05) is 13.8 Å². The number of rotatable bonds is 6. The van der Waals surface area contributed by atoms with E-state index in [2.05, 4.69) is 22.6 Å². The van der Waals surface area contributed by atoms with E-state index >= 15 is 0 Å². The lowest BCUT2D eigenvalue weighted by Gasteiger charge is -2.21. The number of aliphatic hydroxyl groups is 1. The number of thiazole rings is 1. The highest BCUT2D eigenvalue weighted by Crippen LogP contribution is 2.13. The zero-order valence-corrected chi connectivity index (χ0v) is 10.5. The Morgan fingerprint density at radius 1 is 1.53 bits per heavy atom. The molecule has 4 heteroatoms. The molecule has 0 atom stereocenters. The molecule has 3 nitrogen and oxygen atoms in total. The molecule has 15 heavy (non-hydrogen) atoms. The molecule has 1 heterocycles. The Kier molecular flexibility index (Phi) is 4.70. The molecule has 1 rings (SSSR count). The molecule has 0 amide bonds. The minimum absolute atomic E-state index is 0.0520. The normalized spacial score (nSPS) is 12.0. The molecular weight excluding hydrogens is 208 g/mol. The van der Waals surface area contributed by atoms with Crippen LogP contribution in [0.1, 0.15) is 31.5 Å². The van der Waals surface area contributed by atoms with E-state index in [9.17, 15) is 0 Å². The Bertz CT molecular complexity index is 297. The van der Waals surface area contributed by atoms with Gasteiger partial charge < -0.3 is 10.4 Å². The van der Waals surface area contributed by atoms with E-state index in [-0.39, 0.29) is 12.0 Å². The second-order valence-electron chi connectivity index (χ2n) is 4.51. The maximum atomic E-state index is 9.08. The quantitative estimate of drug-likeness (QED) is 0.780. The fourth-order valence-corrected chi connectivity index (χ4v) is 1.92. The third-order valence-corrected chi connectivity index (χ3v) is 3.28. The first kappa shape index (κ1) is 12.6. The maximum absolute atomic E-state index is 9.08. The highest BCUT2D eigenvalue weighted by atomic mass is 32.1. The number of aryl methyl sites for hydroxylation is 1. The Morgan fingerprint density at radius 3 is 2.80 bits per heavy atom. The van der Waals surface area contributed by atoms with Crippen LogP contribution in [0.5, 0.6) is 0 Å². The summed E-state index contributed by atoms with van der Waals surface area (Å²) < 4.78 is 0. The van der Waals surface area contributed by atoms with Crippen LogP contribution in [-0.4, -0.2) is 23.2 Å². The van der Waals surface area contributed by atoms with Gasteiger partial charge in [-0.3, -0.25) is 0 Å². The van der Waals surface area contributed by atoms with Crippen LogP contribution in [0.2, 0.25) is 0 Å². The molecule has 0 bridgehead atoms. The number of aliphatic hydroxyl groups excluding tert-OH is 1. The Labute approximate surface area is 95.6 Å². The lowest BCUT2D eigenvalue weighted by atomic mass is 9.95. The second-order valence-corrected chi connectivity index (χ2v) is 5.45. The van der Waals surface area contributed by atoms with Gasteiger partial charge in [-0.2, -0.15) is 0 Å². The van der Waals surface area contributed by atoms with Crippen LogP contribution < -0.4 is 5.32 Å². The second kappa shape index (κ2) is 5.58. The van der Waals surface area contributed by atoms with Gasteiger partial charge in [0, 0.05) is 30.5 Å². The summed E-state index contributed by atoms with van der Waals surface area (Å²) in [5, 5.41) is 15.7. The van der Waals surface area contributed by atoms with Gasteiger partial charge >= 0.3 is 0 Å². The summed E-state index contributed by atoms with van der Waals surface area (Å²) in [6.45, 7) is 8.00. The first-order chi connectivity index (χ1) is 7.07. The van der Waals surface area contributed by atoms with Crippen molar-refractivity contribution in [2.24, 2.45) is 5.41 Å². The minimum atomic E-state index is -0.0520. The number of nitrogens with one attached hydrogen (secondary N) is 1. The van der Waals surface area contributed by atoms with Crippen LogP contribution in [0.25, 0.3) is 0 Å². The van der Waals surface area contributed by atoms with Gasteiger partial charge in [0.25, 0.3) is 0 Å². The number of hydrogen-bond acceptors (Lipinski definition) is 4. The molecule has 1 aromatic heterocycles. The molecule has 0 fully saturated rings. The number of nitrogens with zero attached hydrogens (tertiary/aromatic N) is 1. The van der Waals surface area contributed by atoms with Crippen molar-refractivity contribution < 1.29 is 5.11 Å². The van der Waals surface area contributed by atoms with Crippen LogP contribution in [-0.2, 0) is 13.0 Å². The third kappa shape index (κ3) is 4.28. The van der Waals surface area contributed by atoms with Gasteiger partial charge in [0.15, 0.2) is 0 Å². The van der Waals surface area contributed by atoms with Crippen molar-refractivity contribution in [3.05, 3.63) is 16.1 Å². The number of aromatic nitrogens is 1. The predicted octanol–water partition coefficient (Wildman–Crippen LogP) is 1.81. The molecule has 2 N–H and O–H groups in total. The van der Waals surface area contributed by atoms with Gasteiger partial charge in [-0.15, -0.1) is 11.3 Å². The molecule has 0 aliphatic heterocycles. The first-order valence-electron chi connectivity index (χ1n) is 5.32. The minimum Gasteiger partial charge on any atom is -0.396 e. The van der Waals surface area contributed by atoms with E-state index in [1.54, 1.807) is 11.3 Å². The Morgan fingerprint density at radius 2 is 2.27 bits per heavy atom. The number of hydrogen-bond donors (Lipinski definition) is 2. The molecule has 0 saturated heterocycles. The van der Waals surface area contributed by atoms with Gasteiger partial charge in [0.05, 0.1) is 10.7 Å². The summed E-state index contributed by atoms with van der Waals surface area (Å²) in [6.07, 6.45) is 1.01. The summed E-state index contributed by atoms with van der Waals surface area (Å²) in [5.41, 5.74) is 1.05. The van der Waals surface area contributed by atoms with Crippen LogP contribution in [0.4, 0.5) is 0 Å². The average molecular weight is 228 g/mol. The Hall–Kier alpha value is -0.450. The van der Waals surface area contributed by atoms with Crippen molar-refractivity contribution in [2.45, 2.75) is 33.7 Å². The Balaban J connectivity index is 2.31. The van der Waals surface area contributed by atoms with E-state index in [1.165, 1.54) is 5.01 Å². The molecule has 1 aromatic rings. The summed E-state index contributed by atoms with van der Waals surface area (Å²) in [4.78, 5) is 4.47. The zero-order valence-electron chi connectivity index (χ0n) is 9.71. The smallest absolute Gasteiger partial charge is 0.0926 e. The lowest BCUT2D eigenvalue weighted by Crippen LogP contribution is -2.31. The zero-order chi connectivity index (χ0) is 11.3. The molecule has 86 valence electrons. The molecular formula is C11H20N2OS. The highest BCUT2D eigenvalue weighted by molar-refractivity contribution is 7.09. The van der Waals surface area contributed by atoms with Gasteiger partial charge in [-0.25, -0.2) is 4.98 Å². The van der Waals surface area contributed by atoms with E-state index in [4.69, 9.17) is 5.11 Å². The van der Waals surface area contributed by atoms with Crippen LogP contribution in [0, 0.1) is 5.41 Å². The SMILES string of the molecule is CCc1nc(CNCC(C)(C)CO)cs1. The predicted molar refractivity (Wildman–Crippen MR) is 64.1 cm³/mol. The van der Waals surface area contributed by atoms with Crippen molar-refractivity contribution in [3.63, 3.8) is 0 Å². The van der Waals surface area contributed by atoms with Crippen molar-refractivity contribution in [1.29, 1.82) is 0 Å².